The first-order valence-electron chi connectivity index (χ1n) is 8.97. The van der Waals surface area contributed by atoms with Crippen molar-refractivity contribution < 1.29 is 14.3 Å². The van der Waals surface area contributed by atoms with E-state index in [1.54, 1.807) is 6.92 Å². The van der Waals surface area contributed by atoms with Gasteiger partial charge in [0.2, 0.25) is 0 Å². The molecule has 1 aromatic rings. The number of esters is 1. The minimum atomic E-state index is -0.572. The quantitative estimate of drug-likeness (QED) is 0.661. The highest BCUT2D eigenvalue weighted by atomic mass is 79.9. The highest BCUT2D eigenvalue weighted by Crippen LogP contribution is 2.49. The van der Waals surface area contributed by atoms with E-state index in [4.69, 9.17) is 9.73 Å². The standard InChI is InChI=1S/C21H24BrNO3/c1-5-26-20(25)17-12(2)23-15-10-21(3,4)11-16(24)19(15)18(17)13-8-6-7-9-14(13)22/h6-9,17-18H,5,10-11H2,1-4H3/t17?,18-/m1/s1. The van der Waals surface area contributed by atoms with Gasteiger partial charge in [0.1, 0.15) is 5.92 Å². The average Bonchev–Trinajstić information content (AvgIpc) is 2.53. The molecule has 1 aromatic carbocycles. The summed E-state index contributed by atoms with van der Waals surface area (Å²) < 4.78 is 6.22. The number of benzene rings is 1. The van der Waals surface area contributed by atoms with Crippen LogP contribution in [0, 0.1) is 11.3 Å². The molecule has 1 heterocycles. The fraction of sp³-hybridized carbons (Fsp3) is 0.476. The number of allylic oxidation sites excluding steroid dienone is 2. The SMILES string of the molecule is CCOC(=O)C1C(C)=NC2=C(C(=O)CC(C)(C)C2)[C@@H]1c1ccccc1Br. The largest absolute Gasteiger partial charge is 0.465 e. The minimum Gasteiger partial charge on any atom is -0.465 e. The smallest absolute Gasteiger partial charge is 0.315 e. The average molecular weight is 418 g/mol. The molecule has 2 aliphatic rings. The van der Waals surface area contributed by atoms with E-state index in [0.29, 0.717) is 24.3 Å². The van der Waals surface area contributed by atoms with Gasteiger partial charge in [-0.2, -0.15) is 0 Å². The van der Waals surface area contributed by atoms with Gasteiger partial charge in [-0.1, -0.05) is 48.0 Å². The molecule has 1 aliphatic heterocycles. The van der Waals surface area contributed by atoms with Gasteiger partial charge in [-0.05, 0) is 37.3 Å². The summed E-state index contributed by atoms with van der Waals surface area (Å²) in [5.74, 6) is -1.17. The second-order valence-corrected chi connectivity index (χ2v) is 8.64. The van der Waals surface area contributed by atoms with Crippen molar-refractivity contribution in [2.45, 2.75) is 46.5 Å². The zero-order chi connectivity index (χ0) is 19.1. The minimum absolute atomic E-state index is 0.0857. The zero-order valence-corrected chi connectivity index (χ0v) is 17.2. The molecule has 0 aromatic heterocycles. The summed E-state index contributed by atoms with van der Waals surface area (Å²) in [5.41, 5.74) is 3.04. The maximum Gasteiger partial charge on any atom is 0.315 e. The molecule has 1 aliphatic carbocycles. The van der Waals surface area contributed by atoms with Crippen LogP contribution < -0.4 is 0 Å². The van der Waals surface area contributed by atoms with Crippen LogP contribution in [0.2, 0.25) is 0 Å². The van der Waals surface area contributed by atoms with E-state index in [1.165, 1.54) is 0 Å². The maximum atomic E-state index is 13.1. The first-order valence-corrected chi connectivity index (χ1v) is 9.77. The van der Waals surface area contributed by atoms with Crippen LogP contribution in [0.1, 0.15) is 52.0 Å². The Morgan fingerprint density at radius 1 is 1.31 bits per heavy atom. The van der Waals surface area contributed by atoms with Crippen LogP contribution in [0.4, 0.5) is 0 Å². The topological polar surface area (TPSA) is 55.7 Å². The molecule has 138 valence electrons. The molecule has 0 fully saturated rings. The fourth-order valence-corrected chi connectivity index (χ4v) is 4.58. The lowest BCUT2D eigenvalue weighted by molar-refractivity contribution is -0.146. The lowest BCUT2D eigenvalue weighted by atomic mass is 9.67. The molecule has 26 heavy (non-hydrogen) atoms. The summed E-state index contributed by atoms with van der Waals surface area (Å²) in [5, 5.41) is 0. The van der Waals surface area contributed by atoms with E-state index in [9.17, 15) is 9.59 Å². The van der Waals surface area contributed by atoms with Gasteiger partial charge in [-0.3, -0.25) is 14.6 Å². The molecule has 0 amide bonds. The van der Waals surface area contributed by atoms with Crippen LogP contribution in [0.25, 0.3) is 0 Å². The van der Waals surface area contributed by atoms with Crippen LogP contribution >= 0.6 is 15.9 Å². The lowest BCUT2D eigenvalue weighted by Gasteiger charge is -2.39. The highest BCUT2D eigenvalue weighted by Gasteiger charge is 2.46. The van der Waals surface area contributed by atoms with E-state index in [2.05, 4.69) is 29.8 Å². The Balaban J connectivity index is 2.20. The monoisotopic (exact) mass is 417 g/mol. The van der Waals surface area contributed by atoms with Crippen LogP contribution in [0.3, 0.4) is 0 Å². The molecule has 0 radical (unpaired) electrons. The third kappa shape index (κ3) is 3.41. The molecule has 0 spiro atoms. The van der Waals surface area contributed by atoms with Gasteiger partial charge in [0.25, 0.3) is 0 Å². The summed E-state index contributed by atoms with van der Waals surface area (Å²) in [6.45, 7) is 8.13. The van der Waals surface area contributed by atoms with E-state index in [-0.39, 0.29) is 23.1 Å². The number of Topliss-reactive ketones (excluding diaryl/α,β-unsaturated/α-hetero) is 1. The molecule has 5 heteroatoms. The number of ketones is 1. The van der Waals surface area contributed by atoms with Gasteiger partial charge >= 0.3 is 5.97 Å². The molecule has 0 bridgehead atoms. The Morgan fingerprint density at radius 3 is 2.65 bits per heavy atom. The number of carbonyl (C=O) groups is 2. The molecule has 4 nitrogen and oxygen atoms in total. The van der Waals surface area contributed by atoms with E-state index < -0.39 is 5.92 Å². The normalized spacial score (nSPS) is 24.8. The van der Waals surface area contributed by atoms with Crippen molar-refractivity contribution in [3.05, 3.63) is 45.6 Å². The number of halogens is 1. The van der Waals surface area contributed by atoms with Crippen molar-refractivity contribution in [2.24, 2.45) is 16.3 Å². The predicted octanol–water partition coefficient (Wildman–Crippen LogP) is 4.83. The Morgan fingerprint density at radius 2 is 2.00 bits per heavy atom. The van der Waals surface area contributed by atoms with Crippen molar-refractivity contribution in [1.29, 1.82) is 0 Å². The molecule has 0 saturated carbocycles. The van der Waals surface area contributed by atoms with Gasteiger partial charge in [-0.25, -0.2) is 0 Å². The van der Waals surface area contributed by atoms with E-state index in [0.717, 1.165) is 22.2 Å². The fourth-order valence-electron chi connectivity index (χ4n) is 4.05. The number of hydrogen-bond acceptors (Lipinski definition) is 4. The van der Waals surface area contributed by atoms with Gasteiger partial charge < -0.3 is 4.74 Å². The summed E-state index contributed by atoms with van der Waals surface area (Å²) in [4.78, 5) is 30.5. The molecule has 0 N–H and O–H groups in total. The second-order valence-electron chi connectivity index (χ2n) is 7.78. The first-order chi connectivity index (χ1) is 12.2. The van der Waals surface area contributed by atoms with Gasteiger partial charge in [0, 0.05) is 33.8 Å². The molecule has 3 rings (SSSR count). The first kappa shape index (κ1) is 19.0. The molecular weight excluding hydrogens is 394 g/mol. The number of nitrogens with zero attached hydrogens (tertiary/aromatic N) is 1. The van der Waals surface area contributed by atoms with Crippen LogP contribution in [-0.2, 0) is 14.3 Å². The zero-order valence-electron chi connectivity index (χ0n) is 15.6. The Kier molecular flexibility index (Phi) is 5.20. The second kappa shape index (κ2) is 7.10. The summed E-state index contributed by atoms with van der Waals surface area (Å²) >= 11 is 3.60. The third-order valence-electron chi connectivity index (χ3n) is 5.08. The Labute approximate surface area is 162 Å². The molecule has 0 saturated heterocycles. The Hall–Kier alpha value is -1.75. The summed E-state index contributed by atoms with van der Waals surface area (Å²) in [6.07, 6.45) is 1.21. The number of ether oxygens (including phenoxy) is 1. The highest BCUT2D eigenvalue weighted by molar-refractivity contribution is 9.10. The van der Waals surface area contributed by atoms with Gasteiger partial charge in [0.15, 0.2) is 5.78 Å². The van der Waals surface area contributed by atoms with Crippen molar-refractivity contribution in [2.75, 3.05) is 6.61 Å². The van der Waals surface area contributed by atoms with E-state index in [1.807, 2.05) is 31.2 Å². The number of aliphatic imine (C=N–C) groups is 1. The van der Waals surface area contributed by atoms with E-state index >= 15 is 0 Å². The lowest BCUT2D eigenvalue weighted by Crippen LogP contribution is -2.39. The van der Waals surface area contributed by atoms with Crippen molar-refractivity contribution in [3.8, 4) is 0 Å². The van der Waals surface area contributed by atoms with Gasteiger partial charge in [-0.15, -0.1) is 0 Å². The maximum absolute atomic E-state index is 13.1. The van der Waals surface area contributed by atoms with Crippen LogP contribution in [0.15, 0.2) is 45.0 Å². The van der Waals surface area contributed by atoms with Crippen molar-refractivity contribution >= 4 is 33.4 Å². The van der Waals surface area contributed by atoms with Crippen molar-refractivity contribution in [1.82, 2.24) is 0 Å². The van der Waals surface area contributed by atoms with Gasteiger partial charge in [0.05, 0.1) is 6.61 Å². The molecular formula is C21H24BrNO3. The number of hydrogen-bond donors (Lipinski definition) is 0. The molecule has 2 atom stereocenters. The van der Waals surface area contributed by atoms with Crippen LogP contribution in [-0.4, -0.2) is 24.1 Å². The summed E-state index contributed by atoms with van der Waals surface area (Å²) in [7, 11) is 0. The number of carbonyl (C=O) groups excluding carboxylic acids is 2. The summed E-state index contributed by atoms with van der Waals surface area (Å²) in [6, 6.07) is 7.77. The Bertz CT molecular complexity index is 822. The van der Waals surface area contributed by atoms with Crippen LogP contribution in [0.5, 0.6) is 0 Å². The van der Waals surface area contributed by atoms with Crippen molar-refractivity contribution in [3.63, 3.8) is 0 Å². The molecule has 1 unspecified atom stereocenters. The third-order valence-corrected chi connectivity index (χ3v) is 5.81. The number of rotatable bonds is 3. The predicted molar refractivity (Wildman–Crippen MR) is 105 cm³/mol.